The Morgan fingerprint density at radius 2 is 1.90 bits per heavy atom. The van der Waals surface area contributed by atoms with Gasteiger partial charge in [0.15, 0.2) is 0 Å². The van der Waals surface area contributed by atoms with Crippen molar-refractivity contribution in [2.75, 3.05) is 10.0 Å². The topological polar surface area (TPSA) is 101 Å². The molecule has 7 nitrogen and oxygen atoms in total. The summed E-state index contributed by atoms with van der Waals surface area (Å²) in [5.41, 5.74) is 2.50. The fraction of sp³-hybridized carbons (Fsp3) is 0.250. The van der Waals surface area contributed by atoms with Crippen LogP contribution in [0.1, 0.15) is 18.1 Å². The minimum Gasteiger partial charge on any atom is -0.301 e. The van der Waals surface area contributed by atoms with E-state index in [4.69, 9.17) is 0 Å². The first-order valence-corrected chi connectivity index (χ1v) is 8.29. The predicted octanol–water partition coefficient (Wildman–Crippen LogP) is 1.91. The monoisotopic (exact) mass is 326 g/mol. The first-order valence-electron chi connectivity index (χ1n) is 5.99. The first-order chi connectivity index (χ1) is 9.78. The summed E-state index contributed by atoms with van der Waals surface area (Å²) in [6.07, 6.45) is 0. The zero-order valence-electron chi connectivity index (χ0n) is 11.7. The number of anilines is 2. The highest BCUT2D eigenvalue weighted by Gasteiger charge is 2.20. The Labute approximate surface area is 126 Å². The van der Waals surface area contributed by atoms with Gasteiger partial charge in [-0.3, -0.25) is 9.52 Å². The van der Waals surface area contributed by atoms with Gasteiger partial charge >= 0.3 is 0 Å². The number of benzene rings is 1. The summed E-state index contributed by atoms with van der Waals surface area (Å²) in [5.74, 6) is -0.336. The van der Waals surface area contributed by atoms with Crippen LogP contribution < -0.4 is 10.0 Å². The van der Waals surface area contributed by atoms with Crippen LogP contribution in [0.15, 0.2) is 22.5 Å². The van der Waals surface area contributed by atoms with Crippen LogP contribution in [0.25, 0.3) is 0 Å². The molecule has 0 atom stereocenters. The summed E-state index contributed by atoms with van der Waals surface area (Å²) in [5, 5.41) is 9.73. The number of nitrogens with one attached hydrogen (secondary N) is 2. The molecule has 0 aliphatic rings. The maximum Gasteiger partial charge on any atom is 0.291 e. The fourth-order valence-electron chi connectivity index (χ4n) is 1.52. The van der Waals surface area contributed by atoms with Crippen LogP contribution in [0.3, 0.4) is 0 Å². The number of aryl methyl sites for hydroxylation is 2. The van der Waals surface area contributed by atoms with Gasteiger partial charge in [0, 0.05) is 12.6 Å². The third kappa shape index (κ3) is 3.76. The lowest BCUT2D eigenvalue weighted by atomic mass is 10.1. The summed E-state index contributed by atoms with van der Waals surface area (Å²) in [7, 11) is -3.81. The number of amides is 1. The molecule has 0 saturated carbocycles. The molecule has 0 radical (unpaired) electrons. The molecule has 0 saturated heterocycles. The Morgan fingerprint density at radius 1 is 1.19 bits per heavy atom. The van der Waals surface area contributed by atoms with Crippen molar-refractivity contribution in [2.24, 2.45) is 0 Å². The van der Waals surface area contributed by atoms with Crippen molar-refractivity contribution in [2.45, 2.75) is 25.1 Å². The molecule has 0 aliphatic carbocycles. The third-order valence-corrected chi connectivity index (χ3v) is 5.27. The van der Waals surface area contributed by atoms with Gasteiger partial charge in [0.25, 0.3) is 14.4 Å². The molecule has 112 valence electrons. The molecule has 0 unspecified atom stereocenters. The molecule has 2 aromatic rings. The predicted molar refractivity (Wildman–Crippen MR) is 80.9 cm³/mol. The highest BCUT2D eigenvalue weighted by atomic mass is 32.2. The normalized spacial score (nSPS) is 11.2. The van der Waals surface area contributed by atoms with Crippen LogP contribution in [0.4, 0.5) is 10.8 Å². The van der Waals surface area contributed by atoms with Gasteiger partial charge in [-0.25, -0.2) is 0 Å². The second-order valence-electron chi connectivity index (χ2n) is 4.46. The van der Waals surface area contributed by atoms with Gasteiger partial charge in [-0.2, -0.15) is 8.42 Å². The van der Waals surface area contributed by atoms with Crippen LogP contribution in [0.2, 0.25) is 0 Å². The molecule has 2 rings (SSSR count). The minimum absolute atomic E-state index is 0.142. The van der Waals surface area contributed by atoms with E-state index in [1.807, 2.05) is 19.9 Å². The zero-order chi connectivity index (χ0) is 15.6. The minimum atomic E-state index is -3.81. The molecule has 1 amide bonds. The van der Waals surface area contributed by atoms with Crippen LogP contribution in [-0.4, -0.2) is 24.5 Å². The summed E-state index contributed by atoms with van der Waals surface area (Å²) < 4.78 is 26.6. The Bertz CT molecular complexity index is 784. The van der Waals surface area contributed by atoms with Gasteiger partial charge in [-0.15, -0.1) is 10.2 Å². The van der Waals surface area contributed by atoms with E-state index < -0.39 is 10.0 Å². The summed E-state index contributed by atoms with van der Waals surface area (Å²) in [4.78, 5) is 10.9. The van der Waals surface area contributed by atoms with Crippen molar-refractivity contribution in [1.82, 2.24) is 10.2 Å². The summed E-state index contributed by atoms with van der Waals surface area (Å²) >= 11 is 0.790. The highest BCUT2D eigenvalue weighted by Crippen LogP contribution is 2.23. The summed E-state index contributed by atoms with van der Waals surface area (Å²) in [6, 6.07) is 5.24. The average Bonchev–Trinajstić information content (AvgIpc) is 2.82. The first kappa shape index (κ1) is 15.4. The quantitative estimate of drug-likeness (QED) is 0.836. The van der Waals surface area contributed by atoms with E-state index in [1.54, 1.807) is 12.1 Å². The lowest BCUT2D eigenvalue weighted by Crippen LogP contribution is -2.12. The SMILES string of the molecule is CC(=O)Nc1nnc(S(=O)(=O)Nc2ccc(C)c(C)c2)s1. The second-order valence-corrected chi connectivity index (χ2v) is 7.29. The largest absolute Gasteiger partial charge is 0.301 e. The Kier molecular flexibility index (Phi) is 4.24. The van der Waals surface area contributed by atoms with Gasteiger partial charge < -0.3 is 5.32 Å². The van der Waals surface area contributed by atoms with Crippen LogP contribution >= 0.6 is 11.3 Å². The molecular formula is C12H14N4O3S2. The maximum atomic E-state index is 12.2. The van der Waals surface area contributed by atoms with Gasteiger partial charge in [0.1, 0.15) is 0 Å². The Balaban J connectivity index is 2.23. The Hall–Kier alpha value is -2.00. The van der Waals surface area contributed by atoms with Crippen LogP contribution in [-0.2, 0) is 14.8 Å². The Morgan fingerprint density at radius 3 is 2.52 bits per heavy atom. The van der Waals surface area contributed by atoms with Crippen molar-refractivity contribution >= 4 is 38.1 Å². The number of carbonyl (C=O) groups excluding carboxylic acids is 1. The maximum absolute atomic E-state index is 12.2. The van der Waals surface area contributed by atoms with E-state index in [0.717, 1.165) is 22.5 Å². The van der Waals surface area contributed by atoms with Crippen molar-refractivity contribution in [3.05, 3.63) is 29.3 Å². The standard InChI is InChI=1S/C12H14N4O3S2/c1-7-4-5-10(6-8(7)2)16-21(18,19)12-15-14-11(20-12)13-9(3)17/h4-6,16H,1-3H3,(H,13,14,17). The van der Waals surface area contributed by atoms with E-state index in [9.17, 15) is 13.2 Å². The van der Waals surface area contributed by atoms with E-state index >= 15 is 0 Å². The van der Waals surface area contributed by atoms with Gasteiger partial charge in [-0.05, 0) is 37.1 Å². The van der Waals surface area contributed by atoms with Crippen molar-refractivity contribution < 1.29 is 13.2 Å². The van der Waals surface area contributed by atoms with Crippen molar-refractivity contribution in [1.29, 1.82) is 0 Å². The number of sulfonamides is 1. The average molecular weight is 326 g/mol. The molecule has 0 aliphatic heterocycles. The number of hydrogen-bond donors (Lipinski definition) is 2. The molecule has 0 bridgehead atoms. The van der Waals surface area contributed by atoms with E-state index in [0.29, 0.717) is 5.69 Å². The lowest BCUT2D eigenvalue weighted by molar-refractivity contribution is -0.114. The van der Waals surface area contributed by atoms with E-state index in [2.05, 4.69) is 20.2 Å². The third-order valence-electron chi connectivity index (χ3n) is 2.68. The van der Waals surface area contributed by atoms with Gasteiger partial charge in [0.05, 0.1) is 0 Å². The number of aromatic nitrogens is 2. The molecule has 0 fully saturated rings. The lowest BCUT2D eigenvalue weighted by Gasteiger charge is -2.07. The smallest absolute Gasteiger partial charge is 0.291 e. The highest BCUT2D eigenvalue weighted by molar-refractivity contribution is 7.94. The fourth-order valence-corrected chi connectivity index (χ4v) is 3.52. The number of hydrogen-bond acceptors (Lipinski definition) is 6. The molecule has 0 spiro atoms. The molecule has 1 aromatic carbocycles. The molecular weight excluding hydrogens is 312 g/mol. The zero-order valence-corrected chi connectivity index (χ0v) is 13.3. The molecule has 1 aromatic heterocycles. The molecule has 9 heteroatoms. The number of rotatable bonds is 4. The molecule has 21 heavy (non-hydrogen) atoms. The second kappa shape index (κ2) is 5.78. The van der Waals surface area contributed by atoms with Crippen LogP contribution in [0, 0.1) is 13.8 Å². The van der Waals surface area contributed by atoms with Crippen molar-refractivity contribution in [3.63, 3.8) is 0 Å². The van der Waals surface area contributed by atoms with E-state index in [1.165, 1.54) is 6.92 Å². The van der Waals surface area contributed by atoms with Crippen LogP contribution in [0.5, 0.6) is 0 Å². The van der Waals surface area contributed by atoms with Gasteiger partial charge in [-0.1, -0.05) is 17.4 Å². The summed E-state index contributed by atoms with van der Waals surface area (Å²) in [6.45, 7) is 5.15. The van der Waals surface area contributed by atoms with Gasteiger partial charge in [0.2, 0.25) is 11.0 Å². The number of carbonyl (C=O) groups is 1. The molecule has 2 N–H and O–H groups in total. The molecule has 1 heterocycles. The van der Waals surface area contributed by atoms with Crippen molar-refractivity contribution in [3.8, 4) is 0 Å². The van der Waals surface area contributed by atoms with E-state index in [-0.39, 0.29) is 15.4 Å². The number of nitrogens with zero attached hydrogens (tertiary/aromatic N) is 2.